The van der Waals surface area contributed by atoms with E-state index in [9.17, 15) is 9.18 Å². The molecule has 0 unspecified atom stereocenters. The fraction of sp³-hybridized carbons (Fsp3) is 0.235. The monoisotopic (exact) mass is 305 g/mol. The van der Waals surface area contributed by atoms with Crippen LogP contribution in [0.1, 0.15) is 30.9 Å². The van der Waals surface area contributed by atoms with Crippen molar-refractivity contribution >= 4 is 23.2 Å². The Morgan fingerprint density at radius 3 is 2.43 bits per heavy atom. The van der Waals surface area contributed by atoms with Crippen LogP contribution in [0, 0.1) is 5.82 Å². The van der Waals surface area contributed by atoms with Gasteiger partial charge in [-0.3, -0.25) is 4.79 Å². The summed E-state index contributed by atoms with van der Waals surface area (Å²) in [5, 5.41) is 3.08. The van der Waals surface area contributed by atoms with Crippen LogP contribution >= 0.6 is 11.6 Å². The van der Waals surface area contributed by atoms with Gasteiger partial charge < -0.3 is 5.32 Å². The molecule has 1 amide bonds. The van der Waals surface area contributed by atoms with E-state index in [0.717, 1.165) is 0 Å². The molecule has 0 spiro atoms. The van der Waals surface area contributed by atoms with Crippen molar-refractivity contribution in [2.24, 2.45) is 0 Å². The zero-order valence-electron chi connectivity index (χ0n) is 12.0. The third kappa shape index (κ3) is 4.30. The van der Waals surface area contributed by atoms with Crippen molar-refractivity contribution in [3.05, 3.63) is 64.4 Å². The number of nitrogens with one attached hydrogen (secondary N) is 1. The molecule has 0 aromatic heterocycles. The van der Waals surface area contributed by atoms with Crippen molar-refractivity contribution in [1.29, 1.82) is 0 Å². The van der Waals surface area contributed by atoms with Gasteiger partial charge in [-0.15, -0.1) is 0 Å². The molecule has 0 aliphatic heterocycles. The van der Waals surface area contributed by atoms with E-state index in [2.05, 4.69) is 19.2 Å². The Balaban J connectivity index is 2.01. The average molecular weight is 306 g/mol. The fourth-order valence-corrected chi connectivity index (χ4v) is 2.15. The van der Waals surface area contributed by atoms with E-state index in [0.29, 0.717) is 22.2 Å². The average Bonchev–Trinajstić information content (AvgIpc) is 2.42. The highest BCUT2D eigenvalue weighted by Crippen LogP contribution is 2.18. The van der Waals surface area contributed by atoms with E-state index in [1.807, 2.05) is 24.3 Å². The van der Waals surface area contributed by atoms with Crippen molar-refractivity contribution in [1.82, 2.24) is 0 Å². The first-order chi connectivity index (χ1) is 9.95. The lowest BCUT2D eigenvalue weighted by Crippen LogP contribution is -2.15. The van der Waals surface area contributed by atoms with Crippen molar-refractivity contribution in [2.75, 3.05) is 5.32 Å². The zero-order chi connectivity index (χ0) is 15.4. The Labute approximate surface area is 128 Å². The molecule has 2 nitrogen and oxygen atoms in total. The summed E-state index contributed by atoms with van der Waals surface area (Å²) in [6.07, 6.45) is -0.0189. The predicted octanol–water partition coefficient (Wildman–Crippen LogP) is 4.78. The number of benzene rings is 2. The highest BCUT2D eigenvalue weighted by atomic mass is 35.5. The van der Waals surface area contributed by atoms with Crippen LogP contribution in [0.4, 0.5) is 10.1 Å². The van der Waals surface area contributed by atoms with Crippen molar-refractivity contribution in [2.45, 2.75) is 26.2 Å². The third-order valence-electron chi connectivity index (χ3n) is 3.23. The van der Waals surface area contributed by atoms with Gasteiger partial charge in [-0.2, -0.15) is 0 Å². The van der Waals surface area contributed by atoms with Crippen LogP contribution in [0.2, 0.25) is 5.02 Å². The smallest absolute Gasteiger partial charge is 0.228 e. The first kappa shape index (κ1) is 15.5. The second-order valence-electron chi connectivity index (χ2n) is 5.24. The molecule has 2 rings (SSSR count). The van der Waals surface area contributed by atoms with Crippen molar-refractivity contribution in [3.8, 4) is 0 Å². The summed E-state index contributed by atoms with van der Waals surface area (Å²) in [6, 6.07) is 12.0. The normalized spacial score (nSPS) is 10.7. The lowest BCUT2D eigenvalue weighted by molar-refractivity contribution is -0.115. The Morgan fingerprint density at radius 1 is 1.19 bits per heavy atom. The summed E-state index contributed by atoms with van der Waals surface area (Å²) in [6.45, 7) is 4.22. The molecule has 1 N–H and O–H groups in total. The Morgan fingerprint density at radius 2 is 1.86 bits per heavy atom. The van der Waals surface area contributed by atoms with Crippen molar-refractivity contribution in [3.63, 3.8) is 0 Å². The topological polar surface area (TPSA) is 29.1 Å². The Hall–Kier alpha value is -1.87. The molecule has 0 aliphatic rings. The van der Waals surface area contributed by atoms with Gasteiger partial charge in [-0.1, -0.05) is 43.6 Å². The first-order valence-corrected chi connectivity index (χ1v) is 7.17. The maximum atomic E-state index is 13.6. The van der Waals surface area contributed by atoms with Gasteiger partial charge in [0.25, 0.3) is 0 Å². The Kier molecular flexibility index (Phi) is 4.97. The number of amides is 1. The molecular weight excluding hydrogens is 289 g/mol. The summed E-state index contributed by atoms with van der Waals surface area (Å²) in [7, 11) is 0. The maximum absolute atomic E-state index is 13.6. The second-order valence-corrected chi connectivity index (χ2v) is 5.67. The van der Waals surface area contributed by atoms with Crippen LogP contribution in [0.5, 0.6) is 0 Å². The van der Waals surface area contributed by atoms with Crippen LogP contribution in [-0.4, -0.2) is 5.91 Å². The van der Waals surface area contributed by atoms with Gasteiger partial charge in [0, 0.05) is 10.7 Å². The summed E-state index contributed by atoms with van der Waals surface area (Å²) in [5.74, 6) is -0.278. The summed E-state index contributed by atoms with van der Waals surface area (Å²) in [4.78, 5) is 11.9. The van der Waals surface area contributed by atoms with Crippen LogP contribution in [0.25, 0.3) is 0 Å². The highest BCUT2D eigenvalue weighted by molar-refractivity contribution is 6.30. The highest BCUT2D eigenvalue weighted by Gasteiger charge is 2.09. The minimum atomic E-state index is -0.465. The molecule has 21 heavy (non-hydrogen) atoms. The van der Waals surface area contributed by atoms with Crippen LogP contribution in [0.15, 0.2) is 42.5 Å². The standard InChI is InChI=1S/C17H17ClFNO/c1-11(2)12-4-7-15(8-5-12)20-17(21)9-13-3-6-14(18)10-16(13)19/h3-8,10-11H,9H2,1-2H3,(H,20,21). The van der Waals surface area contributed by atoms with Gasteiger partial charge >= 0.3 is 0 Å². The largest absolute Gasteiger partial charge is 0.326 e. The molecular formula is C17H17ClFNO. The fourth-order valence-electron chi connectivity index (χ4n) is 1.99. The van der Waals surface area contributed by atoms with Gasteiger partial charge in [0.2, 0.25) is 5.91 Å². The second kappa shape index (κ2) is 6.72. The number of halogens is 2. The van der Waals surface area contributed by atoms with Gasteiger partial charge in [0.15, 0.2) is 0 Å². The molecule has 0 saturated carbocycles. The van der Waals surface area contributed by atoms with E-state index >= 15 is 0 Å². The van der Waals surface area contributed by atoms with Gasteiger partial charge in [-0.05, 0) is 41.3 Å². The predicted molar refractivity (Wildman–Crippen MR) is 84.3 cm³/mol. The number of rotatable bonds is 4. The molecule has 2 aromatic rings. The maximum Gasteiger partial charge on any atom is 0.228 e. The van der Waals surface area contributed by atoms with Crippen LogP contribution < -0.4 is 5.32 Å². The number of carbonyl (C=O) groups excluding carboxylic acids is 1. The van der Waals surface area contributed by atoms with Crippen LogP contribution in [-0.2, 0) is 11.2 Å². The molecule has 0 bridgehead atoms. The lowest BCUT2D eigenvalue weighted by Gasteiger charge is -2.09. The number of hydrogen-bond acceptors (Lipinski definition) is 1. The quantitative estimate of drug-likeness (QED) is 0.865. The zero-order valence-corrected chi connectivity index (χ0v) is 12.7. The van der Waals surface area contributed by atoms with Crippen LogP contribution in [0.3, 0.4) is 0 Å². The lowest BCUT2D eigenvalue weighted by atomic mass is 10.0. The Bertz CT molecular complexity index is 638. The number of carbonyl (C=O) groups is 1. The van der Waals surface area contributed by atoms with Gasteiger partial charge in [0.05, 0.1) is 6.42 Å². The first-order valence-electron chi connectivity index (χ1n) is 6.79. The molecule has 4 heteroatoms. The minimum Gasteiger partial charge on any atom is -0.326 e. The SMILES string of the molecule is CC(C)c1ccc(NC(=O)Cc2ccc(Cl)cc2F)cc1. The molecule has 110 valence electrons. The molecule has 2 aromatic carbocycles. The number of anilines is 1. The molecule has 0 saturated heterocycles. The van der Waals surface area contributed by atoms with Gasteiger partial charge in [-0.25, -0.2) is 4.39 Å². The third-order valence-corrected chi connectivity index (χ3v) is 3.46. The minimum absolute atomic E-state index is 0.0189. The molecule has 0 radical (unpaired) electrons. The van der Waals surface area contributed by atoms with E-state index in [1.165, 1.54) is 17.7 Å². The number of hydrogen-bond donors (Lipinski definition) is 1. The van der Waals surface area contributed by atoms with Crippen molar-refractivity contribution < 1.29 is 9.18 Å². The molecule has 0 heterocycles. The van der Waals surface area contributed by atoms with Gasteiger partial charge in [0.1, 0.15) is 5.82 Å². The molecule has 0 atom stereocenters. The van der Waals surface area contributed by atoms with E-state index in [4.69, 9.17) is 11.6 Å². The summed E-state index contributed by atoms with van der Waals surface area (Å²) >= 11 is 5.68. The molecule has 0 fully saturated rings. The van der Waals surface area contributed by atoms with E-state index in [-0.39, 0.29) is 12.3 Å². The molecule has 0 aliphatic carbocycles. The van der Waals surface area contributed by atoms with E-state index < -0.39 is 5.82 Å². The summed E-state index contributed by atoms with van der Waals surface area (Å²) < 4.78 is 13.6. The van der Waals surface area contributed by atoms with E-state index in [1.54, 1.807) is 6.07 Å². The summed E-state index contributed by atoms with van der Waals surface area (Å²) in [5.41, 5.74) is 2.24.